The lowest BCUT2D eigenvalue weighted by atomic mass is 10.1. The minimum absolute atomic E-state index is 0.353. The molecule has 0 atom stereocenters. The largest absolute Gasteiger partial charge is 0.325 e. The van der Waals surface area contributed by atoms with Crippen LogP contribution in [0.5, 0.6) is 0 Å². The van der Waals surface area contributed by atoms with E-state index in [0.717, 1.165) is 17.0 Å². The normalized spacial score (nSPS) is 10.9. The minimum Gasteiger partial charge on any atom is -0.325 e. The van der Waals surface area contributed by atoms with Gasteiger partial charge in [0.2, 0.25) is 0 Å². The van der Waals surface area contributed by atoms with Crippen molar-refractivity contribution in [1.29, 1.82) is 0 Å². The van der Waals surface area contributed by atoms with E-state index < -0.39 is 0 Å². The van der Waals surface area contributed by atoms with Gasteiger partial charge in [0.25, 0.3) is 0 Å². The number of benzene rings is 2. The molecule has 0 aliphatic carbocycles. The van der Waals surface area contributed by atoms with Crippen molar-refractivity contribution in [2.24, 2.45) is 5.73 Å². The first-order chi connectivity index (χ1) is 10.7. The molecule has 0 aliphatic heterocycles. The zero-order valence-electron chi connectivity index (χ0n) is 12.3. The molecule has 22 heavy (non-hydrogen) atoms. The Morgan fingerprint density at radius 2 is 1.82 bits per heavy atom. The van der Waals surface area contributed by atoms with Gasteiger partial charge in [0, 0.05) is 17.1 Å². The summed E-state index contributed by atoms with van der Waals surface area (Å²) < 4.78 is 1.90. The van der Waals surface area contributed by atoms with Crippen LogP contribution in [0, 0.1) is 6.92 Å². The third-order valence-corrected chi connectivity index (χ3v) is 3.95. The van der Waals surface area contributed by atoms with Crippen LogP contribution in [-0.4, -0.2) is 15.0 Å². The van der Waals surface area contributed by atoms with Crippen LogP contribution >= 0.6 is 11.6 Å². The maximum Gasteiger partial charge on any atom is 0.104 e. The van der Waals surface area contributed by atoms with Gasteiger partial charge in [-0.15, -0.1) is 5.10 Å². The van der Waals surface area contributed by atoms with Crippen molar-refractivity contribution in [3.63, 3.8) is 0 Å². The molecule has 0 unspecified atom stereocenters. The molecule has 0 spiro atoms. The lowest BCUT2D eigenvalue weighted by Crippen LogP contribution is -2.06. The van der Waals surface area contributed by atoms with E-state index in [0.29, 0.717) is 18.1 Å². The van der Waals surface area contributed by atoms with Gasteiger partial charge in [-0.2, -0.15) is 0 Å². The fourth-order valence-electron chi connectivity index (χ4n) is 2.47. The highest BCUT2D eigenvalue weighted by atomic mass is 35.5. The van der Waals surface area contributed by atoms with Crippen LogP contribution in [-0.2, 0) is 13.1 Å². The van der Waals surface area contributed by atoms with Gasteiger partial charge in [0.05, 0.1) is 12.2 Å². The van der Waals surface area contributed by atoms with Crippen molar-refractivity contribution in [3.05, 3.63) is 70.4 Å². The number of hydrogen-bond donors (Lipinski definition) is 1. The molecule has 5 heteroatoms. The van der Waals surface area contributed by atoms with E-state index in [2.05, 4.69) is 29.4 Å². The summed E-state index contributed by atoms with van der Waals surface area (Å²) in [6.45, 7) is 3.11. The molecule has 0 amide bonds. The Kier molecular flexibility index (Phi) is 4.22. The van der Waals surface area contributed by atoms with E-state index in [4.69, 9.17) is 17.3 Å². The summed E-state index contributed by atoms with van der Waals surface area (Å²) in [6, 6.07) is 15.9. The van der Waals surface area contributed by atoms with E-state index in [9.17, 15) is 0 Å². The van der Waals surface area contributed by atoms with Crippen molar-refractivity contribution in [3.8, 4) is 11.3 Å². The van der Waals surface area contributed by atoms with Crippen molar-refractivity contribution in [2.75, 3.05) is 0 Å². The fraction of sp³-hybridized carbons (Fsp3) is 0.176. The number of halogens is 1. The Hall–Kier alpha value is -2.17. The van der Waals surface area contributed by atoms with Crippen LogP contribution in [0.2, 0.25) is 5.02 Å². The second kappa shape index (κ2) is 6.30. The monoisotopic (exact) mass is 312 g/mol. The van der Waals surface area contributed by atoms with Crippen LogP contribution in [0.1, 0.15) is 16.8 Å². The average molecular weight is 313 g/mol. The van der Waals surface area contributed by atoms with Gasteiger partial charge in [0.1, 0.15) is 5.69 Å². The Labute approximate surface area is 134 Å². The molecule has 0 aliphatic rings. The third kappa shape index (κ3) is 2.89. The molecule has 0 fully saturated rings. The highest BCUT2D eigenvalue weighted by Crippen LogP contribution is 2.25. The molecule has 1 heterocycles. The molecule has 4 nitrogen and oxygen atoms in total. The summed E-state index contributed by atoms with van der Waals surface area (Å²) in [4.78, 5) is 0. The fourth-order valence-corrected chi connectivity index (χ4v) is 2.60. The van der Waals surface area contributed by atoms with Crippen molar-refractivity contribution in [2.45, 2.75) is 20.0 Å². The van der Waals surface area contributed by atoms with Crippen LogP contribution in [0.15, 0.2) is 48.5 Å². The van der Waals surface area contributed by atoms with Crippen LogP contribution < -0.4 is 5.73 Å². The van der Waals surface area contributed by atoms with E-state index in [-0.39, 0.29) is 0 Å². The first-order valence-electron chi connectivity index (χ1n) is 7.12. The molecule has 3 rings (SSSR count). The lowest BCUT2D eigenvalue weighted by molar-refractivity contribution is 0.652. The van der Waals surface area contributed by atoms with Crippen LogP contribution in [0.3, 0.4) is 0 Å². The van der Waals surface area contributed by atoms with E-state index in [1.807, 2.05) is 41.1 Å². The maximum atomic E-state index is 5.97. The maximum absolute atomic E-state index is 5.97. The van der Waals surface area contributed by atoms with Crippen molar-refractivity contribution >= 4 is 11.6 Å². The molecule has 2 aromatic carbocycles. The smallest absolute Gasteiger partial charge is 0.104 e. The molecular weight excluding hydrogens is 296 g/mol. The zero-order valence-corrected chi connectivity index (χ0v) is 13.1. The predicted octanol–water partition coefficient (Wildman–Crippen LogP) is 3.41. The van der Waals surface area contributed by atoms with Gasteiger partial charge in [-0.25, -0.2) is 4.68 Å². The predicted molar refractivity (Wildman–Crippen MR) is 88.6 cm³/mol. The van der Waals surface area contributed by atoms with E-state index in [1.54, 1.807) is 0 Å². The zero-order chi connectivity index (χ0) is 15.5. The minimum atomic E-state index is 0.353. The number of aryl methyl sites for hydroxylation is 1. The van der Waals surface area contributed by atoms with Gasteiger partial charge in [0.15, 0.2) is 0 Å². The topological polar surface area (TPSA) is 56.7 Å². The molecule has 112 valence electrons. The Morgan fingerprint density at radius 3 is 2.50 bits per heavy atom. The van der Waals surface area contributed by atoms with Gasteiger partial charge in [-0.3, -0.25) is 0 Å². The number of rotatable bonds is 4. The molecule has 2 N–H and O–H groups in total. The summed E-state index contributed by atoms with van der Waals surface area (Å²) in [6.07, 6.45) is 0. The quantitative estimate of drug-likeness (QED) is 0.803. The molecule has 1 aromatic heterocycles. The first-order valence-corrected chi connectivity index (χ1v) is 7.49. The van der Waals surface area contributed by atoms with Gasteiger partial charge >= 0.3 is 0 Å². The highest BCUT2D eigenvalue weighted by molar-refractivity contribution is 6.30. The standard InChI is InChI=1S/C17H17ClN4/c1-12-4-2-3-5-14(12)11-22-17(16(10-19)20-21-22)13-6-8-15(18)9-7-13/h2-9H,10-11,19H2,1H3. The third-order valence-electron chi connectivity index (χ3n) is 3.70. The Morgan fingerprint density at radius 1 is 1.09 bits per heavy atom. The van der Waals surface area contributed by atoms with Gasteiger partial charge in [-0.05, 0) is 30.2 Å². The second-order valence-corrected chi connectivity index (χ2v) is 5.62. The van der Waals surface area contributed by atoms with Crippen LogP contribution in [0.4, 0.5) is 0 Å². The Bertz CT molecular complexity index is 778. The number of aromatic nitrogens is 3. The lowest BCUT2D eigenvalue weighted by Gasteiger charge is -2.10. The summed E-state index contributed by atoms with van der Waals surface area (Å²) >= 11 is 5.97. The van der Waals surface area contributed by atoms with Crippen LogP contribution in [0.25, 0.3) is 11.3 Å². The summed E-state index contributed by atoms with van der Waals surface area (Å²) in [5.41, 5.74) is 11.0. The average Bonchev–Trinajstić information content (AvgIpc) is 2.93. The van der Waals surface area contributed by atoms with E-state index >= 15 is 0 Å². The van der Waals surface area contributed by atoms with Crippen molar-refractivity contribution in [1.82, 2.24) is 15.0 Å². The molecule has 0 bridgehead atoms. The summed E-state index contributed by atoms with van der Waals surface area (Å²) in [5.74, 6) is 0. The summed E-state index contributed by atoms with van der Waals surface area (Å²) in [5, 5.41) is 9.19. The molecule has 3 aromatic rings. The Balaban J connectivity index is 2.04. The summed E-state index contributed by atoms with van der Waals surface area (Å²) in [7, 11) is 0. The SMILES string of the molecule is Cc1ccccc1Cn1nnc(CN)c1-c1ccc(Cl)cc1. The molecule has 0 saturated carbocycles. The highest BCUT2D eigenvalue weighted by Gasteiger charge is 2.14. The van der Waals surface area contributed by atoms with E-state index in [1.165, 1.54) is 11.1 Å². The number of nitrogens with zero attached hydrogens (tertiary/aromatic N) is 3. The molecule has 0 saturated heterocycles. The number of nitrogens with two attached hydrogens (primary N) is 1. The van der Waals surface area contributed by atoms with Crippen molar-refractivity contribution < 1.29 is 0 Å². The second-order valence-electron chi connectivity index (χ2n) is 5.18. The first kappa shape index (κ1) is 14.8. The number of hydrogen-bond acceptors (Lipinski definition) is 3. The molecular formula is C17H17ClN4. The molecule has 0 radical (unpaired) electrons. The van der Waals surface area contributed by atoms with Gasteiger partial charge in [-0.1, -0.05) is 53.2 Å². The van der Waals surface area contributed by atoms with Gasteiger partial charge < -0.3 is 5.73 Å².